The molecule has 27 heavy (non-hydrogen) atoms. The molecule has 2 aliphatic carbocycles. The Hall–Kier alpha value is -1.14. The number of fused-ring (bicyclic) bond motifs is 3. The van der Waals surface area contributed by atoms with E-state index in [1.807, 2.05) is 4.90 Å². The molecule has 0 aromatic rings. The fourth-order valence-corrected chi connectivity index (χ4v) is 6.69. The second-order valence-electron chi connectivity index (χ2n) is 9.91. The lowest BCUT2D eigenvalue weighted by molar-refractivity contribution is -0.147. The molecular weight excluding hydrogens is 344 g/mol. The molecule has 150 valence electrons. The molecule has 1 spiro atoms. The molecule has 3 aliphatic heterocycles. The molecule has 0 aromatic heterocycles. The van der Waals surface area contributed by atoms with Gasteiger partial charge in [-0.3, -0.25) is 14.5 Å². The number of carbonyl (C=O) groups excluding carboxylic acids is 2. The van der Waals surface area contributed by atoms with E-state index in [2.05, 4.69) is 11.8 Å². The van der Waals surface area contributed by atoms with Gasteiger partial charge in [0.25, 0.3) is 0 Å². The van der Waals surface area contributed by atoms with Gasteiger partial charge in [0.1, 0.15) is 6.10 Å². The van der Waals surface area contributed by atoms with Crippen LogP contribution in [0, 0.1) is 23.2 Å². The Labute approximate surface area is 161 Å². The molecule has 5 rings (SSSR count). The topological polar surface area (TPSA) is 62.4 Å². The van der Waals surface area contributed by atoms with Gasteiger partial charge >= 0.3 is 5.97 Å². The summed E-state index contributed by atoms with van der Waals surface area (Å²) in [5.41, 5.74) is 0.374. The van der Waals surface area contributed by atoms with E-state index in [1.165, 1.54) is 19.3 Å². The number of ether oxygens (including phenoxy) is 2. The van der Waals surface area contributed by atoms with Crippen molar-refractivity contribution in [3.63, 3.8) is 0 Å². The van der Waals surface area contributed by atoms with Gasteiger partial charge in [-0.05, 0) is 43.4 Å². The summed E-state index contributed by atoms with van der Waals surface area (Å²) in [6.07, 6.45) is 5.84. The van der Waals surface area contributed by atoms with Crippen molar-refractivity contribution in [3.8, 4) is 0 Å². The lowest BCUT2D eigenvalue weighted by Gasteiger charge is -2.51. The predicted molar refractivity (Wildman–Crippen MR) is 98.9 cm³/mol. The zero-order valence-corrected chi connectivity index (χ0v) is 16.6. The van der Waals surface area contributed by atoms with E-state index < -0.39 is 0 Å². The van der Waals surface area contributed by atoms with Crippen LogP contribution >= 0.6 is 0 Å². The second-order valence-corrected chi connectivity index (χ2v) is 9.91. The minimum absolute atomic E-state index is 0.00649. The van der Waals surface area contributed by atoms with Gasteiger partial charge in [0.15, 0.2) is 0 Å². The van der Waals surface area contributed by atoms with Crippen molar-refractivity contribution in [1.29, 1.82) is 0 Å². The fourth-order valence-electron chi connectivity index (χ4n) is 6.69. The van der Waals surface area contributed by atoms with Gasteiger partial charge in [0.05, 0.1) is 18.1 Å². The zero-order chi connectivity index (χ0) is 18.8. The van der Waals surface area contributed by atoms with Gasteiger partial charge < -0.3 is 14.4 Å². The number of esters is 1. The van der Waals surface area contributed by atoms with E-state index in [1.54, 1.807) is 6.92 Å². The Morgan fingerprint density at radius 1 is 1.22 bits per heavy atom. The maximum atomic E-state index is 12.7. The van der Waals surface area contributed by atoms with Crippen molar-refractivity contribution in [1.82, 2.24) is 9.80 Å². The highest BCUT2D eigenvalue weighted by Gasteiger charge is 2.65. The summed E-state index contributed by atoms with van der Waals surface area (Å²) >= 11 is 0. The lowest BCUT2D eigenvalue weighted by Crippen LogP contribution is -2.52. The number of carbonyl (C=O) groups is 2. The van der Waals surface area contributed by atoms with Gasteiger partial charge in [0.2, 0.25) is 5.91 Å². The molecule has 0 aromatic carbocycles. The minimum atomic E-state index is -0.0128. The Bertz CT molecular complexity index is 640. The first-order chi connectivity index (χ1) is 12.9. The molecule has 2 saturated carbocycles. The maximum absolute atomic E-state index is 12.7. The summed E-state index contributed by atoms with van der Waals surface area (Å²) in [7, 11) is 0. The number of rotatable bonds is 2. The van der Waals surface area contributed by atoms with Crippen LogP contribution in [0.25, 0.3) is 0 Å². The molecule has 6 heteroatoms. The highest BCUT2D eigenvalue weighted by molar-refractivity contribution is 5.76. The zero-order valence-electron chi connectivity index (χ0n) is 16.6. The molecule has 0 bridgehead atoms. The molecule has 0 unspecified atom stereocenters. The summed E-state index contributed by atoms with van der Waals surface area (Å²) in [6, 6.07) is 0. The van der Waals surface area contributed by atoms with E-state index in [0.717, 1.165) is 52.2 Å². The third kappa shape index (κ3) is 2.91. The van der Waals surface area contributed by atoms with Gasteiger partial charge in [-0.2, -0.15) is 0 Å². The Morgan fingerprint density at radius 3 is 2.63 bits per heavy atom. The molecule has 6 atom stereocenters. The van der Waals surface area contributed by atoms with Crippen molar-refractivity contribution in [2.24, 2.45) is 23.2 Å². The standard InChI is InChI=1S/C21H32N2O4/c1-14(24)23-8-6-22(7-9-23)12-16-15-10-18-20(2,11-17(15)27-19(16)25)4-3-5-21(18)13-26-21/h15-18H,3-13H2,1-2H3/t15-,16-,17-,18-,20-,21+/m1/s1. The van der Waals surface area contributed by atoms with Crippen LogP contribution in [0.4, 0.5) is 0 Å². The van der Waals surface area contributed by atoms with Crippen LogP contribution in [-0.2, 0) is 19.1 Å². The van der Waals surface area contributed by atoms with E-state index in [0.29, 0.717) is 11.8 Å². The van der Waals surface area contributed by atoms with Crippen LogP contribution in [0.2, 0.25) is 0 Å². The predicted octanol–water partition coefficient (Wildman–Crippen LogP) is 1.68. The van der Waals surface area contributed by atoms with Crippen molar-refractivity contribution in [3.05, 3.63) is 0 Å². The number of hydrogen-bond donors (Lipinski definition) is 0. The Kier molecular flexibility index (Phi) is 4.10. The van der Waals surface area contributed by atoms with E-state index >= 15 is 0 Å². The highest BCUT2D eigenvalue weighted by atomic mass is 16.6. The molecular formula is C21H32N2O4. The van der Waals surface area contributed by atoms with Gasteiger partial charge in [-0.1, -0.05) is 6.92 Å². The number of nitrogens with zero attached hydrogens (tertiary/aromatic N) is 2. The summed E-state index contributed by atoms with van der Waals surface area (Å²) in [6.45, 7) is 8.97. The molecule has 5 fully saturated rings. The first-order valence-corrected chi connectivity index (χ1v) is 10.7. The molecule has 3 heterocycles. The van der Waals surface area contributed by atoms with Crippen LogP contribution in [-0.4, -0.2) is 72.7 Å². The SMILES string of the molecule is CC(=O)N1CCN(C[C@H]2C(=O)O[C@@H]3C[C@@]4(C)CCC[C@]5(CO5)[C@@H]4C[C@@H]32)CC1. The van der Waals surface area contributed by atoms with E-state index in [-0.39, 0.29) is 34.9 Å². The third-order valence-corrected chi connectivity index (χ3v) is 8.35. The first-order valence-electron chi connectivity index (χ1n) is 10.7. The summed E-state index contributed by atoms with van der Waals surface area (Å²) < 4.78 is 11.9. The van der Waals surface area contributed by atoms with Crippen LogP contribution in [0.1, 0.15) is 46.0 Å². The molecule has 1 amide bonds. The van der Waals surface area contributed by atoms with Crippen LogP contribution in [0.5, 0.6) is 0 Å². The molecule has 3 saturated heterocycles. The van der Waals surface area contributed by atoms with Crippen molar-refractivity contribution in [2.45, 2.75) is 57.7 Å². The normalized spacial score (nSPS) is 46.7. The number of piperazine rings is 1. The average Bonchev–Trinajstić information content (AvgIpc) is 3.33. The smallest absolute Gasteiger partial charge is 0.310 e. The van der Waals surface area contributed by atoms with Crippen molar-refractivity contribution >= 4 is 11.9 Å². The number of amides is 1. The lowest BCUT2D eigenvalue weighted by atomic mass is 9.53. The van der Waals surface area contributed by atoms with Crippen molar-refractivity contribution in [2.75, 3.05) is 39.3 Å². The Balaban J connectivity index is 1.28. The minimum Gasteiger partial charge on any atom is -0.462 e. The van der Waals surface area contributed by atoms with Gasteiger partial charge in [0, 0.05) is 45.6 Å². The van der Waals surface area contributed by atoms with E-state index in [4.69, 9.17) is 9.47 Å². The van der Waals surface area contributed by atoms with Crippen LogP contribution in [0.3, 0.4) is 0 Å². The highest BCUT2D eigenvalue weighted by Crippen LogP contribution is 2.62. The maximum Gasteiger partial charge on any atom is 0.310 e. The van der Waals surface area contributed by atoms with Crippen molar-refractivity contribution < 1.29 is 19.1 Å². The molecule has 5 aliphatic rings. The number of hydrogen-bond acceptors (Lipinski definition) is 5. The van der Waals surface area contributed by atoms with Crippen LogP contribution < -0.4 is 0 Å². The quantitative estimate of drug-likeness (QED) is 0.542. The summed E-state index contributed by atoms with van der Waals surface area (Å²) in [5.74, 6) is 1.05. The number of epoxide rings is 1. The fraction of sp³-hybridized carbons (Fsp3) is 0.905. The molecule has 6 nitrogen and oxygen atoms in total. The van der Waals surface area contributed by atoms with Crippen LogP contribution in [0.15, 0.2) is 0 Å². The Morgan fingerprint density at radius 2 is 1.96 bits per heavy atom. The average molecular weight is 376 g/mol. The van der Waals surface area contributed by atoms with E-state index in [9.17, 15) is 9.59 Å². The van der Waals surface area contributed by atoms with Gasteiger partial charge in [-0.15, -0.1) is 0 Å². The summed E-state index contributed by atoms with van der Waals surface area (Å²) in [4.78, 5) is 28.5. The second kappa shape index (κ2) is 6.18. The molecule has 0 N–H and O–H groups in total. The third-order valence-electron chi connectivity index (χ3n) is 8.35. The summed E-state index contributed by atoms with van der Waals surface area (Å²) in [5, 5.41) is 0. The first kappa shape index (κ1) is 17.9. The largest absolute Gasteiger partial charge is 0.462 e. The monoisotopic (exact) mass is 376 g/mol. The van der Waals surface area contributed by atoms with Gasteiger partial charge in [-0.25, -0.2) is 0 Å². The molecule has 0 radical (unpaired) electrons.